The van der Waals surface area contributed by atoms with Gasteiger partial charge in [-0.2, -0.15) is 13.2 Å². The molecule has 2 N–H and O–H groups in total. The second kappa shape index (κ2) is 13.4. The van der Waals surface area contributed by atoms with Gasteiger partial charge in [-0.25, -0.2) is 0 Å². The van der Waals surface area contributed by atoms with Crippen molar-refractivity contribution in [3.05, 3.63) is 89.9 Å². The van der Waals surface area contributed by atoms with E-state index in [1.165, 1.54) is 24.8 Å². The largest absolute Gasteiger partial charge is 0.410 e. The molecule has 2 aliphatic heterocycles. The lowest BCUT2D eigenvalue weighted by Crippen LogP contribution is -2.39. The second-order valence-electron chi connectivity index (χ2n) is 9.68. The van der Waals surface area contributed by atoms with Crippen LogP contribution in [0.2, 0.25) is 0 Å². The summed E-state index contributed by atoms with van der Waals surface area (Å²) in [6.07, 6.45) is 2.36. The fourth-order valence-corrected chi connectivity index (χ4v) is 4.34. The van der Waals surface area contributed by atoms with Gasteiger partial charge in [0.05, 0.1) is 18.1 Å². The number of benzene rings is 2. The molecule has 2 aromatic carbocycles. The third kappa shape index (κ3) is 8.69. The smallest absolute Gasteiger partial charge is 0.383 e. The Morgan fingerprint density at radius 3 is 2.46 bits per heavy atom. The van der Waals surface area contributed by atoms with Gasteiger partial charge in [-0.1, -0.05) is 88.7 Å². The summed E-state index contributed by atoms with van der Waals surface area (Å²) in [6, 6.07) is 14.7. The summed E-state index contributed by atoms with van der Waals surface area (Å²) >= 11 is 0. The first-order valence-electron chi connectivity index (χ1n) is 13.1. The number of rotatable bonds is 10. The maximum absolute atomic E-state index is 13.0. The lowest BCUT2D eigenvalue weighted by atomic mass is 10.1. The number of aliphatic imine (C=N–C) groups is 1. The molecule has 4 nitrogen and oxygen atoms in total. The first-order valence-corrected chi connectivity index (χ1v) is 13.1. The van der Waals surface area contributed by atoms with Crippen LogP contribution in [0, 0.1) is 0 Å². The number of fused-ring (bicyclic) bond motifs is 1. The molecule has 2 aromatic rings. The van der Waals surface area contributed by atoms with E-state index in [0.29, 0.717) is 18.9 Å². The van der Waals surface area contributed by atoms with Gasteiger partial charge in [0, 0.05) is 30.9 Å². The van der Waals surface area contributed by atoms with Crippen molar-refractivity contribution in [1.29, 1.82) is 0 Å². The van der Waals surface area contributed by atoms with E-state index in [9.17, 15) is 13.2 Å². The predicted octanol–water partition coefficient (Wildman–Crippen LogP) is 7.06. The minimum absolute atomic E-state index is 0.136. The molecule has 0 bridgehead atoms. The highest BCUT2D eigenvalue weighted by Gasteiger charge is 2.44. The molecule has 0 aromatic heterocycles. The third-order valence-corrected chi connectivity index (χ3v) is 6.52. The summed E-state index contributed by atoms with van der Waals surface area (Å²) in [4.78, 5) is 6.35. The monoisotopic (exact) mass is 512 g/mol. The molecular formula is C30H39F3N4. The maximum Gasteiger partial charge on any atom is 0.410 e. The number of nitrogens with zero attached hydrogens (tertiary/aromatic N) is 2. The van der Waals surface area contributed by atoms with Crippen molar-refractivity contribution in [2.24, 2.45) is 4.99 Å². The van der Waals surface area contributed by atoms with E-state index in [2.05, 4.69) is 49.8 Å². The Morgan fingerprint density at radius 2 is 1.84 bits per heavy atom. The lowest BCUT2D eigenvalue weighted by Gasteiger charge is -2.18. The Balaban J connectivity index is 0.000000695. The number of hydrogen-bond donors (Lipinski definition) is 2. The number of unbranched alkanes of at least 4 members (excludes halogenated alkanes) is 2. The number of nitrogens with one attached hydrogen (secondary N) is 2. The molecular weight excluding hydrogens is 473 g/mol. The van der Waals surface area contributed by atoms with Crippen LogP contribution in [0.25, 0.3) is 0 Å². The van der Waals surface area contributed by atoms with Crippen molar-refractivity contribution in [3.63, 3.8) is 0 Å². The zero-order valence-corrected chi connectivity index (χ0v) is 22.0. The van der Waals surface area contributed by atoms with Crippen molar-refractivity contribution in [1.82, 2.24) is 15.5 Å². The molecule has 1 fully saturated rings. The second-order valence-corrected chi connectivity index (χ2v) is 9.68. The van der Waals surface area contributed by atoms with E-state index >= 15 is 0 Å². The third-order valence-electron chi connectivity index (χ3n) is 6.52. The molecule has 0 amide bonds. The fraction of sp³-hybridized carbons (Fsp3) is 0.433. The predicted molar refractivity (Wildman–Crippen MR) is 147 cm³/mol. The first kappa shape index (κ1) is 28.4. The van der Waals surface area contributed by atoms with Gasteiger partial charge in [0.15, 0.2) is 0 Å². The SMILES string of the molecule is C=C(CCc1ccccc1)NCC1=Nc2cc(CN3CC(C(F)(F)F)NC3=C)ccc2C1.CCCCC. The minimum atomic E-state index is -4.28. The van der Waals surface area contributed by atoms with Crippen molar-refractivity contribution >= 4 is 11.4 Å². The normalized spacial score (nSPS) is 16.5. The van der Waals surface area contributed by atoms with Gasteiger partial charge in [0.2, 0.25) is 0 Å². The number of alkyl halides is 3. The zero-order valence-electron chi connectivity index (χ0n) is 22.0. The van der Waals surface area contributed by atoms with Crippen LogP contribution < -0.4 is 10.6 Å². The molecule has 0 saturated carbocycles. The van der Waals surface area contributed by atoms with E-state index in [4.69, 9.17) is 4.99 Å². The molecule has 0 spiro atoms. The van der Waals surface area contributed by atoms with Gasteiger partial charge < -0.3 is 15.5 Å². The van der Waals surface area contributed by atoms with Crippen LogP contribution in [0.15, 0.2) is 78.2 Å². The highest BCUT2D eigenvalue weighted by molar-refractivity contribution is 5.95. The highest BCUT2D eigenvalue weighted by Crippen LogP contribution is 2.31. The molecule has 0 radical (unpaired) electrons. The molecule has 1 atom stereocenters. The van der Waals surface area contributed by atoms with Crippen molar-refractivity contribution in [3.8, 4) is 0 Å². The van der Waals surface area contributed by atoms with Gasteiger partial charge in [-0.3, -0.25) is 4.99 Å². The van der Waals surface area contributed by atoms with Gasteiger partial charge in [0.1, 0.15) is 6.04 Å². The van der Waals surface area contributed by atoms with E-state index in [-0.39, 0.29) is 6.54 Å². The molecule has 7 heteroatoms. The lowest BCUT2D eigenvalue weighted by molar-refractivity contribution is -0.150. The van der Waals surface area contributed by atoms with E-state index in [0.717, 1.165) is 47.5 Å². The highest BCUT2D eigenvalue weighted by atomic mass is 19.4. The van der Waals surface area contributed by atoms with Gasteiger partial charge in [-0.15, -0.1) is 0 Å². The average molecular weight is 513 g/mol. The Morgan fingerprint density at radius 1 is 1.11 bits per heavy atom. The molecule has 4 rings (SSSR count). The Bertz CT molecular complexity index is 1070. The van der Waals surface area contributed by atoms with E-state index < -0.39 is 12.2 Å². The Kier molecular flexibility index (Phi) is 10.2. The number of halogens is 3. The van der Waals surface area contributed by atoms with Crippen molar-refractivity contribution < 1.29 is 13.2 Å². The number of allylic oxidation sites excluding steroid dienone is 1. The molecule has 1 saturated heterocycles. The van der Waals surface area contributed by atoms with E-state index in [1.807, 2.05) is 36.4 Å². The van der Waals surface area contributed by atoms with Crippen LogP contribution in [0.3, 0.4) is 0 Å². The van der Waals surface area contributed by atoms with Crippen LogP contribution in [-0.2, 0) is 19.4 Å². The average Bonchev–Trinajstić information content (AvgIpc) is 3.45. The maximum atomic E-state index is 13.0. The van der Waals surface area contributed by atoms with Crippen LogP contribution in [0.4, 0.5) is 18.9 Å². The van der Waals surface area contributed by atoms with Gasteiger partial charge in [-0.05, 0) is 35.6 Å². The summed E-state index contributed by atoms with van der Waals surface area (Å²) in [5.74, 6) is 0.301. The van der Waals surface area contributed by atoms with Crippen molar-refractivity contribution in [2.45, 2.75) is 71.1 Å². The first-order chi connectivity index (χ1) is 17.7. The number of aryl methyl sites for hydroxylation is 1. The molecule has 200 valence electrons. The van der Waals surface area contributed by atoms with Gasteiger partial charge in [0.25, 0.3) is 0 Å². The van der Waals surface area contributed by atoms with E-state index in [1.54, 1.807) is 4.90 Å². The zero-order chi connectivity index (χ0) is 26.8. The molecule has 1 unspecified atom stereocenters. The summed E-state index contributed by atoms with van der Waals surface area (Å²) in [7, 11) is 0. The molecule has 2 heterocycles. The minimum Gasteiger partial charge on any atom is -0.383 e. The van der Waals surface area contributed by atoms with Gasteiger partial charge >= 0.3 is 6.18 Å². The molecule has 37 heavy (non-hydrogen) atoms. The fourth-order valence-electron chi connectivity index (χ4n) is 4.34. The molecule has 2 aliphatic rings. The van der Waals surface area contributed by atoms with Crippen LogP contribution in [0.1, 0.15) is 56.2 Å². The molecule has 0 aliphatic carbocycles. The van der Waals surface area contributed by atoms with Crippen LogP contribution in [0.5, 0.6) is 0 Å². The van der Waals surface area contributed by atoms with Crippen LogP contribution >= 0.6 is 0 Å². The topological polar surface area (TPSA) is 39.7 Å². The quantitative estimate of drug-likeness (QED) is 0.358. The Hall–Kier alpha value is -3.22. The summed E-state index contributed by atoms with van der Waals surface area (Å²) < 4.78 is 38.9. The number of hydrogen-bond acceptors (Lipinski definition) is 4. The summed E-state index contributed by atoms with van der Waals surface area (Å²) in [6.45, 7) is 13.1. The summed E-state index contributed by atoms with van der Waals surface area (Å²) in [5.41, 5.74) is 6.23. The Labute approximate surface area is 219 Å². The summed E-state index contributed by atoms with van der Waals surface area (Å²) in [5, 5.41) is 5.80. The van der Waals surface area contributed by atoms with Crippen molar-refractivity contribution in [2.75, 3.05) is 13.1 Å². The standard InChI is InChI=1S/C25H27F3N4.C5H12/c1-17(8-9-19-6-4-3-5-7-19)29-14-22-13-21-11-10-20(12-23(21)31-22)15-32-16-24(25(26,27)28)30-18(32)2;1-3-5-4-2/h3-7,10-12,24,29-30H,1-2,8-9,13-16H2;3-5H2,1-2H3. The van der Waals surface area contributed by atoms with Crippen LogP contribution in [-0.4, -0.2) is 35.9 Å².